The molecular formula is C14H18N4O. The third-order valence-electron chi connectivity index (χ3n) is 2.86. The van der Waals surface area contributed by atoms with Gasteiger partial charge in [0.1, 0.15) is 0 Å². The van der Waals surface area contributed by atoms with Gasteiger partial charge in [-0.2, -0.15) is 0 Å². The van der Waals surface area contributed by atoms with E-state index in [0.29, 0.717) is 12.1 Å². The van der Waals surface area contributed by atoms with Crippen molar-refractivity contribution in [2.24, 2.45) is 0 Å². The fraction of sp³-hybridized carbons (Fsp3) is 0.357. The number of nitrogens with zero attached hydrogens (tertiary/aromatic N) is 3. The normalized spacial score (nSPS) is 10.3. The van der Waals surface area contributed by atoms with Crippen LogP contribution in [0.4, 0.5) is 0 Å². The van der Waals surface area contributed by atoms with Crippen molar-refractivity contribution in [1.29, 1.82) is 0 Å². The number of carbonyl (C=O) groups excluding carboxylic acids is 1. The molecule has 100 valence electrons. The number of hydrogen-bond acceptors (Lipinski definition) is 3. The Morgan fingerprint density at radius 1 is 1.21 bits per heavy atom. The summed E-state index contributed by atoms with van der Waals surface area (Å²) in [5.74, 6) is -0.0530. The van der Waals surface area contributed by atoms with E-state index >= 15 is 0 Å². The van der Waals surface area contributed by atoms with Crippen molar-refractivity contribution < 1.29 is 4.79 Å². The molecule has 0 saturated carbocycles. The summed E-state index contributed by atoms with van der Waals surface area (Å²) in [5, 5.41) is 2.89. The molecule has 0 aliphatic carbocycles. The second kappa shape index (κ2) is 7.31. The molecule has 1 amide bonds. The summed E-state index contributed by atoms with van der Waals surface area (Å²) in [4.78, 5) is 19.6. The van der Waals surface area contributed by atoms with Crippen LogP contribution in [0.2, 0.25) is 0 Å². The number of hydrogen-bond donors (Lipinski definition) is 1. The molecule has 0 aliphatic heterocycles. The first-order valence-electron chi connectivity index (χ1n) is 6.50. The van der Waals surface area contributed by atoms with Gasteiger partial charge < -0.3 is 9.88 Å². The number of aryl methyl sites for hydroxylation is 1. The predicted molar refractivity (Wildman–Crippen MR) is 72.6 cm³/mol. The molecule has 2 rings (SSSR count). The summed E-state index contributed by atoms with van der Waals surface area (Å²) < 4.78 is 2.06. The summed E-state index contributed by atoms with van der Waals surface area (Å²) in [5.41, 5.74) is 0.612. The van der Waals surface area contributed by atoms with Gasteiger partial charge in [-0.1, -0.05) is 0 Å². The van der Waals surface area contributed by atoms with Crippen LogP contribution in [0.5, 0.6) is 0 Å². The van der Waals surface area contributed by atoms with Crippen molar-refractivity contribution in [2.75, 3.05) is 6.54 Å². The summed E-state index contributed by atoms with van der Waals surface area (Å²) in [7, 11) is 0. The maximum atomic E-state index is 11.7. The van der Waals surface area contributed by atoms with Gasteiger partial charge in [-0.25, -0.2) is 4.98 Å². The molecule has 19 heavy (non-hydrogen) atoms. The van der Waals surface area contributed by atoms with E-state index < -0.39 is 0 Å². The molecule has 5 nitrogen and oxygen atoms in total. The number of nitrogens with one attached hydrogen (secondary N) is 1. The second-order valence-corrected chi connectivity index (χ2v) is 4.36. The highest BCUT2D eigenvalue weighted by Gasteiger charge is 2.03. The molecule has 0 aromatic carbocycles. The minimum Gasteiger partial charge on any atom is -0.352 e. The van der Waals surface area contributed by atoms with Gasteiger partial charge in [0.25, 0.3) is 5.91 Å². The Hall–Kier alpha value is -2.17. The van der Waals surface area contributed by atoms with Crippen LogP contribution in [0.3, 0.4) is 0 Å². The second-order valence-electron chi connectivity index (χ2n) is 4.36. The molecule has 0 unspecified atom stereocenters. The summed E-state index contributed by atoms with van der Waals surface area (Å²) >= 11 is 0. The van der Waals surface area contributed by atoms with Crippen LogP contribution in [0.25, 0.3) is 0 Å². The minimum atomic E-state index is -0.0530. The zero-order valence-electron chi connectivity index (χ0n) is 10.8. The quantitative estimate of drug-likeness (QED) is 0.771. The predicted octanol–water partition coefficient (Wildman–Crippen LogP) is 1.88. The van der Waals surface area contributed by atoms with Crippen molar-refractivity contribution in [1.82, 2.24) is 19.9 Å². The lowest BCUT2D eigenvalue weighted by molar-refractivity contribution is 0.0952. The molecule has 0 radical (unpaired) electrons. The van der Waals surface area contributed by atoms with E-state index in [-0.39, 0.29) is 5.91 Å². The number of imidazole rings is 1. The van der Waals surface area contributed by atoms with Gasteiger partial charge in [-0.05, 0) is 31.4 Å². The van der Waals surface area contributed by atoms with E-state index in [1.807, 2.05) is 12.5 Å². The van der Waals surface area contributed by atoms with E-state index in [4.69, 9.17) is 0 Å². The number of pyridine rings is 1. The van der Waals surface area contributed by atoms with Crippen LogP contribution in [-0.2, 0) is 6.54 Å². The lowest BCUT2D eigenvalue weighted by atomic mass is 10.2. The highest BCUT2D eigenvalue weighted by Crippen LogP contribution is 1.99. The minimum absolute atomic E-state index is 0.0530. The van der Waals surface area contributed by atoms with Crippen molar-refractivity contribution in [3.05, 3.63) is 48.8 Å². The number of unbranched alkanes of at least 4 members (excludes halogenated alkanes) is 2. The summed E-state index contributed by atoms with van der Waals surface area (Å²) in [6.45, 7) is 1.69. The number of aromatic nitrogens is 3. The van der Waals surface area contributed by atoms with E-state index in [1.165, 1.54) is 0 Å². The van der Waals surface area contributed by atoms with Crippen LogP contribution in [0.1, 0.15) is 29.6 Å². The molecule has 2 aromatic rings. The zero-order valence-corrected chi connectivity index (χ0v) is 10.8. The Morgan fingerprint density at radius 3 is 2.89 bits per heavy atom. The Balaban J connectivity index is 1.56. The molecule has 0 fully saturated rings. The maximum Gasteiger partial charge on any atom is 0.252 e. The first kappa shape index (κ1) is 13.3. The van der Waals surface area contributed by atoms with Crippen LogP contribution in [-0.4, -0.2) is 27.0 Å². The Morgan fingerprint density at radius 2 is 2.16 bits per heavy atom. The van der Waals surface area contributed by atoms with E-state index in [9.17, 15) is 4.79 Å². The lowest BCUT2D eigenvalue weighted by Crippen LogP contribution is -2.24. The molecule has 0 atom stereocenters. The third-order valence-corrected chi connectivity index (χ3v) is 2.86. The van der Waals surface area contributed by atoms with Crippen LogP contribution < -0.4 is 5.32 Å². The van der Waals surface area contributed by atoms with E-state index in [1.54, 1.807) is 30.7 Å². The highest BCUT2D eigenvalue weighted by molar-refractivity contribution is 5.93. The molecule has 0 saturated heterocycles. The fourth-order valence-electron chi connectivity index (χ4n) is 1.82. The lowest BCUT2D eigenvalue weighted by Gasteiger charge is -2.05. The number of carbonyl (C=O) groups is 1. The van der Waals surface area contributed by atoms with Gasteiger partial charge in [0, 0.05) is 37.9 Å². The zero-order chi connectivity index (χ0) is 13.3. The topological polar surface area (TPSA) is 59.8 Å². The standard InChI is InChI=1S/C14H18N4O/c19-14(13-5-4-6-15-11-13)17-7-2-1-3-9-18-10-8-16-12-18/h4-6,8,10-12H,1-3,7,9H2,(H,17,19). The first-order chi connectivity index (χ1) is 9.36. The maximum absolute atomic E-state index is 11.7. The van der Waals surface area contributed by atoms with Crippen molar-refractivity contribution in [3.63, 3.8) is 0 Å². The van der Waals surface area contributed by atoms with Gasteiger partial charge in [-0.3, -0.25) is 9.78 Å². The van der Waals surface area contributed by atoms with Crippen LogP contribution >= 0.6 is 0 Å². The smallest absolute Gasteiger partial charge is 0.252 e. The molecule has 0 aliphatic rings. The Kier molecular flexibility index (Phi) is 5.10. The van der Waals surface area contributed by atoms with Crippen LogP contribution in [0, 0.1) is 0 Å². The monoisotopic (exact) mass is 258 g/mol. The van der Waals surface area contributed by atoms with E-state index in [2.05, 4.69) is 19.9 Å². The largest absolute Gasteiger partial charge is 0.352 e. The van der Waals surface area contributed by atoms with Crippen molar-refractivity contribution in [3.8, 4) is 0 Å². The summed E-state index contributed by atoms with van der Waals surface area (Å²) in [6.07, 6.45) is 12.0. The van der Waals surface area contributed by atoms with Crippen LogP contribution in [0.15, 0.2) is 43.2 Å². The fourth-order valence-corrected chi connectivity index (χ4v) is 1.82. The van der Waals surface area contributed by atoms with Crippen molar-refractivity contribution >= 4 is 5.91 Å². The Labute approximate surface area is 112 Å². The molecule has 2 aromatic heterocycles. The molecule has 0 spiro atoms. The van der Waals surface area contributed by atoms with Gasteiger partial charge in [0.2, 0.25) is 0 Å². The van der Waals surface area contributed by atoms with Gasteiger partial charge in [-0.15, -0.1) is 0 Å². The average molecular weight is 258 g/mol. The van der Waals surface area contributed by atoms with Gasteiger partial charge >= 0.3 is 0 Å². The van der Waals surface area contributed by atoms with Crippen molar-refractivity contribution in [2.45, 2.75) is 25.8 Å². The number of amides is 1. The van der Waals surface area contributed by atoms with Gasteiger partial charge in [0.15, 0.2) is 0 Å². The molecule has 0 bridgehead atoms. The third kappa shape index (κ3) is 4.54. The van der Waals surface area contributed by atoms with E-state index in [0.717, 1.165) is 25.8 Å². The molecule has 5 heteroatoms. The summed E-state index contributed by atoms with van der Waals surface area (Å²) in [6, 6.07) is 3.53. The number of rotatable bonds is 7. The molecule has 2 heterocycles. The average Bonchev–Trinajstić information content (AvgIpc) is 2.96. The van der Waals surface area contributed by atoms with Gasteiger partial charge in [0.05, 0.1) is 11.9 Å². The SMILES string of the molecule is O=C(NCCCCCn1ccnc1)c1cccnc1. The Bertz CT molecular complexity index is 481. The first-order valence-corrected chi connectivity index (χ1v) is 6.50. The molecule has 1 N–H and O–H groups in total. The molecular weight excluding hydrogens is 240 g/mol. The highest BCUT2D eigenvalue weighted by atomic mass is 16.1.